The summed E-state index contributed by atoms with van der Waals surface area (Å²) >= 11 is 3.12. The number of hydrogen-bond donors (Lipinski definition) is 1. The first kappa shape index (κ1) is 13.9. The maximum Gasteiger partial charge on any atom is 0.230 e. The maximum atomic E-state index is 11.1. The van der Waals surface area contributed by atoms with Crippen LogP contribution in [-0.2, 0) is 11.2 Å². The Bertz CT molecular complexity index is 583. The zero-order chi connectivity index (χ0) is 13.7. The molecule has 0 aliphatic carbocycles. The lowest BCUT2D eigenvalue weighted by atomic mass is 10.0. The van der Waals surface area contributed by atoms with Crippen molar-refractivity contribution in [2.24, 2.45) is 0 Å². The number of amides is 1. The van der Waals surface area contributed by atoms with Gasteiger partial charge >= 0.3 is 0 Å². The van der Waals surface area contributed by atoms with Crippen LogP contribution in [0, 0.1) is 0 Å². The molecule has 19 heavy (non-hydrogen) atoms. The molecule has 0 unspecified atom stereocenters. The van der Waals surface area contributed by atoms with Gasteiger partial charge in [0, 0.05) is 6.54 Å². The summed E-state index contributed by atoms with van der Waals surface area (Å²) in [6.45, 7) is 0.653. The molecule has 3 nitrogen and oxygen atoms in total. The van der Waals surface area contributed by atoms with E-state index in [1.54, 1.807) is 7.11 Å². The molecule has 1 N–H and O–H groups in total. The van der Waals surface area contributed by atoms with Crippen LogP contribution < -0.4 is 10.1 Å². The van der Waals surface area contributed by atoms with Crippen LogP contribution in [-0.4, -0.2) is 24.9 Å². The fraction of sp³-hybridized carbons (Fsp3) is 0.267. The van der Waals surface area contributed by atoms with Gasteiger partial charge in [-0.25, -0.2) is 0 Å². The lowest BCUT2D eigenvalue weighted by Gasteiger charge is -2.06. The van der Waals surface area contributed by atoms with E-state index in [1.807, 2.05) is 18.2 Å². The second kappa shape index (κ2) is 6.57. The average Bonchev–Trinajstić information content (AvgIpc) is 2.46. The van der Waals surface area contributed by atoms with Crippen molar-refractivity contribution in [1.82, 2.24) is 5.32 Å². The van der Waals surface area contributed by atoms with E-state index in [2.05, 4.69) is 39.4 Å². The zero-order valence-electron chi connectivity index (χ0n) is 10.8. The van der Waals surface area contributed by atoms with E-state index >= 15 is 0 Å². The number of benzene rings is 2. The number of hydrogen-bond acceptors (Lipinski definition) is 2. The lowest BCUT2D eigenvalue weighted by Crippen LogP contribution is -2.26. The van der Waals surface area contributed by atoms with Crippen molar-refractivity contribution in [1.29, 1.82) is 0 Å². The maximum absolute atomic E-state index is 11.1. The Hall–Kier alpha value is -1.55. The molecular weight excluding hydrogens is 306 g/mol. The normalized spacial score (nSPS) is 10.4. The SMILES string of the molecule is COc1ccc2ccc(CCNC(=O)CBr)cc2c1. The molecule has 0 saturated carbocycles. The molecule has 0 spiro atoms. The summed E-state index contributed by atoms with van der Waals surface area (Å²) in [5.41, 5.74) is 1.20. The van der Waals surface area contributed by atoms with Crippen LogP contribution in [0.2, 0.25) is 0 Å². The first-order chi connectivity index (χ1) is 9.22. The minimum atomic E-state index is 0.0162. The molecule has 0 bridgehead atoms. The molecule has 0 aromatic heterocycles. The van der Waals surface area contributed by atoms with Crippen LogP contribution in [0.1, 0.15) is 5.56 Å². The van der Waals surface area contributed by atoms with Crippen LogP contribution in [0.15, 0.2) is 36.4 Å². The van der Waals surface area contributed by atoms with Crippen molar-refractivity contribution in [3.63, 3.8) is 0 Å². The van der Waals surface area contributed by atoms with E-state index in [0.29, 0.717) is 11.9 Å². The number of carbonyl (C=O) groups is 1. The predicted molar refractivity (Wildman–Crippen MR) is 81.0 cm³/mol. The highest BCUT2D eigenvalue weighted by atomic mass is 79.9. The molecule has 0 saturated heterocycles. The van der Waals surface area contributed by atoms with Crippen LogP contribution in [0.3, 0.4) is 0 Å². The molecule has 0 atom stereocenters. The van der Waals surface area contributed by atoms with Crippen LogP contribution in [0.5, 0.6) is 5.75 Å². The summed E-state index contributed by atoms with van der Waals surface area (Å²) in [7, 11) is 1.67. The summed E-state index contributed by atoms with van der Waals surface area (Å²) in [6, 6.07) is 12.3. The first-order valence-corrected chi connectivity index (χ1v) is 7.24. The molecule has 2 aromatic rings. The minimum Gasteiger partial charge on any atom is -0.497 e. The van der Waals surface area contributed by atoms with E-state index in [4.69, 9.17) is 4.74 Å². The monoisotopic (exact) mass is 321 g/mol. The second-order valence-electron chi connectivity index (χ2n) is 4.28. The number of methoxy groups -OCH3 is 1. The van der Waals surface area contributed by atoms with Crippen molar-refractivity contribution in [3.8, 4) is 5.75 Å². The van der Waals surface area contributed by atoms with Gasteiger partial charge in [0.1, 0.15) is 5.75 Å². The Morgan fingerprint density at radius 3 is 2.74 bits per heavy atom. The van der Waals surface area contributed by atoms with Gasteiger partial charge in [0.25, 0.3) is 0 Å². The van der Waals surface area contributed by atoms with Gasteiger partial charge in [-0.3, -0.25) is 4.79 Å². The van der Waals surface area contributed by atoms with E-state index in [9.17, 15) is 4.79 Å². The number of alkyl halides is 1. The number of carbonyl (C=O) groups excluding carboxylic acids is 1. The van der Waals surface area contributed by atoms with Crippen molar-refractivity contribution in [3.05, 3.63) is 42.0 Å². The smallest absolute Gasteiger partial charge is 0.230 e. The zero-order valence-corrected chi connectivity index (χ0v) is 12.4. The summed E-state index contributed by atoms with van der Waals surface area (Å²) in [5.74, 6) is 0.875. The Kier molecular flexibility index (Phi) is 4.80. The number of rotatable bonds is 5. The van der Waals surface area contributed by atoms with Crippen LogP contribution >= 0.6 is 15.9 Å². The Morgan fingerprint density at radius 1 is 1.21 bits per heavy atom. The van der Waals surface area contributed by atoms with E-state index in [-0.39, 0.29) is 5.91 Å². The third kappa shape index (κ3) is 3.70. The second-order valence-corrected chi connectivity index (χ2v) is 4.84. The van der Waals surface area contributed by atoms with Gasteiger partial charge in [-0.2, -0.15) is 0 Å². The average molecular weight is 322 g/mol. The van der Waals surface area contributed by atoms with E-state index in [0.717, 1.165) is 17.6 Å². The molecule has 2 aromatic carbocycles. The Morgan fingerprint density at radius 2 is 2.00 bits per heavy atom. The summed E-state index contributed by atoms with van der Waals surface area (Å²) < 4.78 is 5.23. The molecule has 100 valence electrons. The van der Waals surface area contributed by atoms with Gasteiger partial charge in [0.2, 0.25) is 5.91 Å². The Labute approximate surface area is 121 Å². The molecule has 4 heteroatoms. The van der Waals surface area contributed by atoms with Crippen molar-refractivity contribution < 1.29 is 9.53 Å². The topological polar surface area (TPSA) is 38.3 Å². The van der Waals surface area contributed by atoms with Gasteiger partial charge in [-0.1, -0.05) is 40.2 Å². The molecular formula is C15H16BrNO2. The fourth-order valence-corrected chi connectivity index (χ4v) is 2.15. The third-order valence-electron chi connectivity index (χ3n) is 2.97. The largest absolute Gasteiger partial charge is 0.497 e. The number of fused-ring (bicyclic) bond motifs is 1. The van der Waals surface area contributed by atoms with Gasteiger partial charge in [0.05, 0.1) is 12.4 Å². The quantitative estimate of drug-likeness (QED) is 0.860. The number of ether oxygens (including phenoxy) is 1. The number of halogens is 1. The molecule has 0 aliphatic rings. The highest BCUT2D eigenvalue weighted by Gasteiger charge is 2.01. The van der Waals surface area contributed by atoms with E-state index < -0.39 is 0 Å². The minimum absolute atomic E-state index is 0.0162. The fourth-order valence-electron chi connectivity index (χ4n) is 1.95. The summed E-state index contributed by atoms with van der Waals surface area (Å²) in [5, 5.41) is 5.54. The molecule has 0 radical (unpaired) electrons. The van der Waals surface area contributed by atoms with Gasteiger partial charge in [-0.05, 0) is 34.9 Å². The molecule has 0 fully saturated rings. The third-order valence-corrected chi connectivity index (χ3v) is 3.48. The van der Waals surface area contributed by atoms with Crippen LogP contribution in [0.25, 0.3) is 10.8 Å². The summed E-state index contributed by atoms with van der Waals surface area (Å²) in [6.07, 6.45) is 0.825. The lowest BCUT2D eigenvalue weighted by molar-refractivity contribution is -0.118. The highest BCUT2D eigenvalue weighted by Crippen LogP contribution is 2.21. The van der Waals surface area contributed by atoms with Gasteiger partial charge in [0.15, 0.2) is 0 Å². The van der Waals surface area contributed by atoms with Gasteiger partial charge in [-0.15, -0.1) is 0 Å². The summed E-state index contributed by atoms with van der Waals surface area (Å²) in [4.78, 5) is 11.1. The number of nitrogens with one attached hydrogen (secondary N) is 1. The van der Waals surface area contributed by atoms with Gasteiger partial charge < -0.3 is 10.1 Å². The first-order valence-electron chi connectivity index (χ1n) is 6.12. The van der Waals surface area contributed by atoms with Crippen LogP contribution in [0.4, 0.5) is 0 Å². The Balaban J connectivity index is 2.09. The van der Waals surface area contributed by atoms with Crippen molar-refractivity contribution >= 4 is 32.6 Å². The molecule has 2 rings (SSSR count). The molecule has 0 aliphatic heterocycles. The van der Waals surface area contributed by atoms with Crippen molar-refractivity contribution in [2.75, 3.05) is 19.0 Å². The standard InChI is InChI=1S/C15H16BrNO2/c1-19-14-5-4-12-3-2-11(8-13(12)9-14)6-7-17-15(18)10-16/h2-5,8-9H,6-7,10H2,1H3,(H,17,18). The molecule has 0 heterocycles. The van der Waals surface area contributed by atoms with Crippen molar-refractivity contribution in [2.45, 2.75) is 6.42 Å². The van der Waals surface area contributed by atoms with E-state index in [1.165, 1.54) is 10.9 Å². The molecule has 1 amide bonds. The highest BCUT2D eigenvalue weighted by molar-refractivity contribution is 9.09. The predicted octanol–water partition coefficient (Wildman–Crippen LogP) is 2.90.